The average molecular weight is 265 g/mol. The van der Waals surface area contributed by atoms with Gasteiger partial charge >= 0.3 is 0 Å². The number of amides is 1. The molecule has 2 aromatic rings. The van der Waals surface area contributed by atoms with Crippen LogP contribution in [0.5, 0.6) is 0 Å². The smallest absolute Gasteiger partial charge is 0.224 e. The normalized spacial score (nSPS) is 10.3. The van der Waals surface area contributed by atoms with E-state index in [9.17, 15) is 4.79 Å². The van der Waals surface area contributed by atoms with E-state index < -0.39 is 0 Å². The van der Waals surface area contributed by atoms with Crippen LogP contribution in [-0.4, -0.2) is 10.9 Å². The van der Waals surface area contributed by atoms with Gasteiger partial charge in [0.1, 0.15) is 6.26 Å². The van der Waals surface area contributed by atoms with Gasteiger partial charge < -0.3 is 9.73 Å². The third-order valence-electron chi connectivity index (χ3n) is 2.57. The first-order chi connectivity index (χ1) is 8.65. The fraction of sp³-hybridized carbons (Fsp3) is 0.231. The van der Waals surface area contributed by atoms with Crippen LogP contribution in [0.2, 0.25) is 5.02 Å². The highest BCUT2D eigenvalue weighted by molar-refractivity contribution is 6.31. The summed E-state index contributed by atoms with van der Waals surface area (Å²) in [7, 11) is 0. The summed E-state index contributed by atoms with van der Waals surface area (Å²) in [6.07, 6.45) is 3.81. The van der Waals surface area contributed by atoms with Crippen LogP contribution in [0.3, 0.4) is 0 Å². The summed E-state index contributed by atoms with van der Waals surface area (Å²) in [5.41, 5.74) is 2.50. The molecule has 5 heteroatoms. The van der Waals surface area contributed by atoms with Gasteiger partial charge in [-0.3, -0.25) is 4.79 Å². The maximum Gasteiger partial charge on any atom is 0.224 e. The molecule has 2 rings (SSSR count). The number of oxazole rings is 1. The predicted octanol–water partition coefficient (Wildman–Crippen LogP) is 3.21. The molecule has 0 atom stereocenters. The van der Waals surface area contributed by atoms with Crippen molar-refractivity contribution in [2.45, 2.75) is 19.8 Å². The monoisotopic (exact) mass is 264 g/mol. The highest BCUT2D eigenvalue weighted by Crippen LogP contribution is 2.20. The maximum atomic E-state index is 11.8. The molecule has 18 heavy (non-hydrogen) atoms. The van der Waals surface area contributed by atoms with E-state index in [0.29, 0.717) is 17.9 Å². The van der Waals surface area contributed by atoms with Crippen molar-refractivity contribution in [1.29, 1.82) is 0 Å². The average Bonchev–Trinajstić information content (AvgIpc) is 2.84. The first kappa shape index (κ1) is 12.6. The largest absolute Gasteiger partial charge is 0.451 e. The van der Waals surface area contributed by atoms with Gasteiger partial charge in [-0.15, -0.1) is 0 Å². The molecule has 1 amide bonds. The fourth-order valence-corrected chi connectivity index (χ4v) is 1.72. The Labute approximate surface area is 110 Å². The molecule has 94 valence electrons. The molecule has 0 fully saturated rings. The number of carbonyl (C=O) groups is 1. The molecule has 0 aliphatic heterocycles. The Morgan fingerprint density at radius 2 is 2.33 bits per heavy atom. The Morgan fingerprint density at radius 3 is 3.06 bits per heavy atom. The predicted molar refractivity (Wildman–Crippen MR) is 69.6 cm³/mol. The number of rotatable bonds is 4. The summed E-state index contributed by atoms with van der Waals surface area (Å²) < 4.78 is 4.84. The van der Waals surface area contributed by atoms with Crippen LogP contribution in [0.4, 0.5) is 5.69 Å². The minimum Gasteiger partial charge on any atom is -0.451 e. The molecule has 0 saturated heterocycles. The summed E-state index contributed by atoms with van der Waals surface area (Å²) in [6, 6.07) is 5.41. The van der Waals surface area contributed by atoms with Crippen molar-refractivity contribution < 1.29 is 9.21 Å². The molecule has 1 aromatic heterocycles. The number of aromatic nitrogens is 1. The Kier molecular flexibility index (Phi) is 3.99. The van der Waals surface area contributed by atoms with Gasteiger partial charge in [-0.1, -0.05) is 17.7 Å². The fourth-order valence-electron chi connectivity index (χ4n) is 1.54. The van der Waals surface area contributed by atoms with Crippen molar-refractivity contribution in [3.63, 3.8) is 0 Å². The van der Waals surface area contributed by atoms with E-state index in [2.05, 4.69) is 10.3 Å². The minimum atomic E-state index is -0.0663. The summed E-state index contributed by atoms with van der Waals surface area (Å²) in [5, 5.41) is 3.44. The quantitative estimate of drug-likeness (QED) is 0.923. The van der Waals surface area contributed by atoms with E-state index in [1.54, 1.807) is 12.1 Å². The Bertz CT molecular complexity index is 538. The van der Waals surface area contributed by atoms with Crippen LogP contribution >= 0.6 is 11.6 Å². The molecule has 4 nitrogen and oxygen atoms in total. The number of benzene rings is 1. The molecule has 0 aliphatic carbocycles. The van der Waals surface area contributed by atoms with Crippen molar-refractivity contribution in [2.24, 2.45) is 0 Å². The van der Waals surface area contributed by atoms with Crippen LogP contribution in [0.15, 0.2) is 35.3 Å². The molecule has 0 aliphatic rings. The van der Waals surface area contributed by atoms with E-state index >= 15 is 0 Å². The van der Waals surface area contributed by atoms with Crippen molar-refractivity contribution >= 4 is 23.2 Å². The third kappa shape index (κ3) is 3.34. The van der Waals surface area contributed by atoms with Gasteiger partial charge in [-0.05, 0) is 24.6 Å². The standard InChI is InChI=1S/C13H13ClN2O2/c1-9-2-3-10(14)6-12(9)16-13(17)5-4-11-7-18-8-15-11/h2-3,6-8H,4-5H2,1H3,(H,16,17). The summed E-state index contributed by atoms with van der Waals surface area (Å²) in [4.78, 5) is 15.7. The zero-order chi connectivity index (χ0) is 13.0. The minimum absolute atomic E-state index is 0.0663. The highest BCUT2D eigenvalue weighted by atomic mass is 35.5. The molecular formula is C13H13ClN2O2. The molecule has 1 heterocycles. The first-order valence-electron chi connectivity index (χ1n) is 5.58. The van der Waals surface area contributed by atoms with Crippen LogP contribution in [0.1, 0.15) is 17.7 Å². The molecule has 0 spiro atoms. The Balaban J connectivity index is 1.92. The van der Waals surface area contributed by atoms with Gasteiger partial charge in [-0.2, -0.15) is 0 Å². The van der Waals surface area contributed by atoms with Gasteiger partial charge in [-0.25, -0.2) is 4.98 Å². The lowest BCUT2D eigenvalue weighted by Crippen LogP contribution is -2.13. The number of nitrogens with one attached hydrogen (secondary N) is 1. The lowest BCUT2D eigenvalue weighted by molar-refractivity contribution is -0.116. The van der Waals surface area contributed by atoms with Crippen LogP contribution < -0.4 is 5.32 Å². The topological polar surface area (TPSA) is 55.1 Å². The van der Waals surface area contributed by atoms with Crippen molar-refractivity contribution in [3.05, 3.63) is 47.1 Å². The van der Waals surface area contributed by atoms with Crippen LogP contribution in [-0.2, 0) is 11.2 Å². The number of aryl methyl sites for hydroxylation is 2. The highest BCUT2D eigenvalue weighted by Gasteiger charge is 2.07. The second-order valence-corrected chi connectivity index (χ2v) is 4.42. The lowest BCUT2D eigenvalue weighted by atomic mass is 10.2. The van der Waals surface area contributed by atoms with Crippen molar-refractivity contribution in [2.75, 3.05) is 5.32 Å². The van der Waals surface area contributed by atoms with Crippen molar-refractivity contribution in [1.82, 2.24) is 4.98 Å². The first-order valence-corrected chi connectivity index (χ1v) is 5.96. The summed E-state index contributed by atoms with van der Waals surface area (Å²) in [6.45, 7) is 1.92. The number of hydrogen-bond acceptors (Lipinski definition) is 3. The van der Waals surface area contributed by atoms with Gasteiger partial charge in [0.15, 0.2) is 6.39 Å². The van der Waals surface area contributed by atoms with E-state index in [4.69, 9.17) is 16.0 Å². The molecule has 0 saturated carbocycles. The van der Waals surface area contributed by atoms with E-state index in [1.807, 2.05) is 13.0 Å². The van der Waals surface area contributed by atoms with Crippen LogP contribution in [0.25, 0.3) is 0 Å². The second kappa shape index (κ2) is 5.69. The van der Waals surface area contributed by atoms with E-state index in [1.165, 1.54) is 12.7 Å². The number of halogens is 1. The zero-order valence-corrected chi connectivity index (χ0v) is 10.7. The molecule has 1 aromatic carbocycles. The maximum absolute atomic E-state index is 11.8. The SMILES string of the molecule is Cc1ccc(Cl)cc1NC(=O)CCc1cocn1. The second-order valence-electron chi connectivity index (χ2n) is 3.99. The van der Waals surface area contributed by atoms with Gasteiger partial charge in [0.2, 0.25) is 5.91 Å². The summed E-state index contributed by atoms with van der Waals surface area (Å²) >= 11 is 5.88. The van der Waals surface area contributed by atoms with Gasteiger partial charge in [0.05, 0.1) is 5.69 Å². The van der Waals surface area contributed by atoms with E-state index in [0.717, 1.165) is 16.9 Å². The van der Waals surface area contributed by atoms with Crippen molar-refractivity contribution in [3.8, 4) is 0 Å². The number of nitrogens with zero attached hydrogens (tertiary/aromatic N) is 1. The zero-order valence-electron chi connectivity index (χ0n) is 9.94. The Morgan fingerprint density at radius 1 is 1.50 bits per heavy atom. The summed E-state index contributed by atoms with van der Waals surface area (Å²) in [5.74, 6) is -0.0663. The number of hydrogen-bond donors (Lipinski definition) is 1. The van der Waals surface area contributed by atoms with Gasteiger partial charge in [0.25, 0.3) is 0 Å². The molecule has 0 bridgehead atoms. The number of carbonyl (C=O) groups excluding carboxylic acids is 1. The lowest BCUT2D eigenvalue weighted by Gasteiger charge is -2.08. The Hall–Kier alpha value is -1.81. The molecule has 0 radical (unpaired) electrons. The van der Waals surface area contributed by atoms with Crippen LogP contribution in [0, 0.1) is 6.92 Å². The number of anilines is 1. The molecular weight excluding hydrogens is 252 g/mol. The molecule has 0 unspecified atom stereocenters. The third-order valence-corrected chi connectivity index (χ3v) is 2.80. The van der Waals surface area contributed by atoms with E-state index in [-0.39, 0.29) is 5.91 Å². The molecule has 1 N–H and O–H groups in total. The van der Waals surface area contributed by atoms with Gasteiger partial charge in [0, 0.05) is 23.6 Å².